The van der Waals surface area contributed by atoms with Gasteiger partial charge in [-0.25, -0.2) is 0 Å². The number of nitrogens with zero attached hydrogens (tertiary/aromatic N) is 3. The quantitative estimate of drug-likeness (QED) is 0.935. The summed E-state index contributed by atoms with van der Waals surface area (Å²) in [6.07, 6.45) is 7.41. The second-order valence-electron chi connectivity index (χ2n) is 5.46. The van der Waals surface area contributed by atoms with E-state index in [1.807, 2.05) is 23.1 Å². The lowest BCUT2D eigenvalue weighted by molar-refractivity contribution is 0.0607. The maximum Gasteiger partial charge on any atom is 0.256 e. The first kappa shape index (κ1) is 13.9. The van der Waals surface area contributed by atoms with Crippen LogP contribution in [0.1, 0.15) is 36.0 Å². The number of carbonyl (C=O) groups is 1. The van der Waals surface area contributed by atoms with E-state index in [4.69, 9.17) is 5.73 Å². The molecule has 1 fully saturated rings. The molecule has 5 heteroatoms. The van der Waals surface area contributed by atoms with Crippen molar-refractivity contribution in [2.45, 2.75) is 31.7 Å². The highest BCUT2D eigenvalue weighted by molar-refractivity contribution is 6.04. The van der Waals surface area contributed by atoms with Crippen LogP contribution in [0.5, 0.6) is 0 Å². The maximum atomic E-state index is 12.9. The third-order valence-corrected chi connectivity index (χ3v) is 4.12. The van der Waals surface area contributed by atoms with Gasteiger partial charge in [-0.3, -0.25) is 14.8 Å². The number of piperidine rings is 1. The predicted octanol–water partition coefficient (Wildman–Crippen LogP) is 1.97. The molecular formula is C16H20N4O. The van der Waals surface area contributed by atoms with Gasteiger partial charge in [0.2, 0.25) is 0 Å². The Kier molecular flexibility index (Phi) is 4.10. The Morgan fingerprint density at radius 1 is 1.29 bits per heavy atom. The molecule has 21 heavy (non-hydrogen) atoms. The van der Waals surface area contributed by atoms with Crippen LogP contribution in [-0.2, 0) is 0 Å². The Balaban J connectivity index is 1.95. The minimum Gasteiger partial charge on any atom is -0.336 e. The van der Waals surface area contributed by atoms with Crippen molar-refractivity contribution in [1.29, 1.82) is 0 Å². The number of para-hydroxylation sites is 1. The molecule has 0 spiro atoms. The average Bonchev–Trinajstić information content (AvgIpc) is 2.54. The van der Waals surface area contributed by atoms with Gasteiger partial charge >= 0.3 is 0 Å². The summed E-state index contributed by atoms with van der Waals surface area (Å²) in [5, 5.41) is 0. The van der Waals surface area contributed by atoms with E-state index in [1.54, 1.807) is 12.4 Å². The zero-order valence-corrected chi connectivity index (χ0v) is 12.0. The molecule has 0 radical (unpaired) electrons. The largest absolute Gasteiger partial charge is 0.336 e. The molecule has 110 valence electrons. The lowest BCUT2D eigenvalue weighted by atomic mass is 9.98. The monoisotopic (exact) mass is 284 g/mol. The highest BCUT2D eigenvalue weighted by atomic mass is 16.2. The summed E-state index contributed by atoms with van der Waals surface area (Å²) in [5.41, 5.74) is 7.78. The highest BCUT2D eigenvalue weighted by Crippen LogP contribution is 2.24. The van der Waals surface area contributed by atoms with E-state index < -0.39 is 0 Å². The van der Waals surface area contributed by atoms with E-state index in [9.17, 15) is 4.79 Å². The number of hydrogen-bond acceptors (Lipinski definition) is 4. The van der Waals surface area contributed by atoms with Crippen molar-refractivity contribution in [1.82, 2.24) is 14.9 Å². The number of likely N-dealkylation sites (tertiary alicyclic amines) is 1. The minimum atomic E-state index is 0.0549. The lowest BCUT2D eigenvalue weighted by Gasteiger charge is -2.35. The highest BCUT2D eigenvalue weighted by Gasteiger charge is 2.28. The molecule has 0 bridgehead atoms. The normalized spacial score (nSPS) is 18.9. The Labute approximate surface area is 124 Å². The van der Waals surface area contributed by atoms with Gasteiger partial charge in [0.25, 0.3) is 5.91 Å². The fourth-order valence-corrected chi connectivity index (χ4v) is 3.08. The predicted molar refractivity (Wildman–Crippen MR) is 81.9 cm³/mol. The van der Waals surface area contributed by atoms with E-state index in [-0.39, 0.29) is 11.9 Å². The summed E-state index contributed by atoms with van der Waals surface area (Å²) in [4.78, 5) is 23.5. The van der Waals surface area contributed by atoms with E-state index in [1.165, 1.54) is 6.42 Å². The van der Waals surface area contributed by atoms with Crippen molar-refractivity contribution in [2.24, 2.45) is 5.73 Å². The molecule has 3 rings (SSSR count). The Morgan fingerprint density at radius 2 is 2.14 bits per heavy atom. The standard InChI is InChI=1S/C16H20N4O/c17-8-7-12-4-1-2-11-20(12)16(21)13-5-3-6-14-15(13)19-10-9-18-14/h3,5-6,9-10,12H,1-2,4,7-8,11,17H2. The van der Waals surface area contributed by atoms with Crippen molar-refractivity contribution in [3.8, 4) is 0 Å². The smallest absolute Gasteiger partial charge is 0.256 e. The van der Waals surface area contributed by atoms with Crippen LogP contribution in [0.3, 0.4) is 0 Å². The van der Waals surface area contributed by atoms with Gasteiger partial charge in [-0.05, 0) is 44.4 Å². The Morgan fingerprint density at radius 3 is 3.00 bits per heavy atom. The van der Waals surface area contributed by atoms with Crippen molar-refractivity contribution in [3.05, 3.63) is 36.2 Å². The number of fused-ring (bicyclic) bond motifs is 1. The third kappa shape index (κ3) is 2.74. The van der Waals surface area contributed by atoms with Crippen molar-refractivity contribution < 1.29 is 4.79 Å². The number of carbonyl (C=O) groups excluding carboxylic acids is 1. The van der Waals surface area contributed by atoms with Gasteiger partial charge in [-0.1, -0.05) is 6.07 Å². The van der Waals surface area contributed by atoms with Crippen LogP contribution in [-0.4, -0.2) is 39.9 Å². The van der Waals surface area contributed by atoms with Gasteiger partial charge in [0.05, 0.1) is 11.1 Å². The third-order valence-electron chi connectivity index (χ3n) is 4.12. The summed E-state index contributed by atoms with van der Waals surface area (Å²) < 4.78 is 0. The zero-order chi connectivity index (χ0) is 14.7. The first-order chi connectivity index (χ1) is 10.3. The number of rotatable bonds is 3. The molecule has 1 aliphatic heterocycles. The molecule has 0 aliphatic carbocycles. The lowest BCUT2D eigenvalue weighted by Crippen LogP contribution is -2.44. The molecule has 1 saturated heterocycles. The average molecular weight is 284 g/mol. The molecule has 1 aromatic carbocycles. The molecule has 1 aliphatic rings. The van der Waals surface area contributed by atoms with Crippen LogP contribution in [0.4, 0.5) is 0 Å². The Hall–Kier alpha value is -2.01. The Bertz CT molecular complexity index is 636. The summed E-state index contributed by atoms with van der Waals surface area (Å²) in [7, 11) is 0. The van der Waals surface area contributed by atoms with Crippen LogP contribution in [0, 0.1) is 0 Å². The second kappa shape index (κ2) is 6.18. The molecule has 2 N–H and O–H groups in total. The molecule has 0 saturated carbocycles. The fourth-order valence-electron chi connectivity index (χ4n) is 3.08. The molecule has 2 heterocycles. The van der Waals surface area contributed by atoms with Gasteiger partial charge in [0, 0.05) is 25.0 Å². The maximum absolute atomic E-state index is 12.9. The van der Waals surface area contributed by atoms with E-state index in [2.05, 4.69) is 9.97 Å². The van der Waals surface area contributed by atoms with Gasteiger partial charge in [0.1, 0.15) is 5.52 Å². The molecule has 5 nitrogen and oxygen atoms in total. The van der Waals surface area contributed by atoms with Gasteiger partial charge in [0.15, 0.2) is 0 Å². The van der Waals surface area contributed by atoms with Crippen LogP contribution < -0.4 is 5.73 Å². The second-order valence-corrected chi connectivity index (χ2v) is 5.46. The van der Waals surface area contributed by atoms with Gasteiger partial charge in [-0.2, -0.15) is 0 Å². The summed E-state index contributed by atoms with van der Waals surface area (Å²) in [6, 6.07) is 5.84. The number of aromatic nitrogens is 2. The number of hydrogen-bond donors (Lipinski definition) is 1. The topological polar surface area (TPSA) is 72.1 Å². The van der Waals surface area contributed by atoms with E-state index in [0.717, 1.165) is 31.3 Å². The summed E-state index contributed by atoms with van der Waals surface area (Å²) >= 11 is 0. The number of amides is 1. The summed E-state index contributed by atoms with van der Waals surface area (Å²) in [6.45, 7) is 1.42. The number of benzene rings is 1. The molecule has 1 unspecified atom stereocenters. The molecule has 1 amide bonds. The van der Waals surface area contributed by atoms with Crippen LogP contribution in [0.15, 0.2) is 30.6 Å². The van der Waals surface area contributed by atoms with E-state index in [0.29, 0.717) is 17.6 Å². The minimum absolute atomic E-state index is 0.0549. The van der Waals surface area contributed by atoms with Crippen LogP contribution in [0.25, 0.3) is 11.0 Å². The fraction of sp³-hybridized carbons (Fsp3) is 0.438. The van der Waals surface area contributed by atoms with Crippen LogP contribution in [0.2, 0.25) is 0 Å². The summed E-state index contributed by atoms with van der Waals surface area (Å²) in [5.74, 6) is 0.0549. The van der Waals surface area contributed by atoms with Crippen molar-refractivity contribution >= 4 is 16.9 Å². The molecular weight excluding hydrogens is 264 g/mol. The van der Waals surface area contributed by atoms with Gasteiger partial charge < -0.3 is 10.6 Å². The molecule has 2 aromatic rings. The zero-order valence-electron chi connectivity index (χ0n) is 12.0. The van der Waals surface area contributed by atoms with Crippen molar-refractivity contribution in [2.75, 3.05) is 13.1 Å². The van der Waals surface area contributed by atoms with Crippen molar-refractivity contribution in [3.63, 3.8) is 0 Å². The molecule has 1 aromatic heterocycles. The van der Waals surface area contributed by atoms with Gasteiger partial charge in [-0.15, -0.1) is 0 Å². The van der Waals surface area contributed by atoms with E-state index >= 15 is 0 Å². The molecule has 1 atom stereocenters. The first-order valence-corrected chi connectivity index (χ1v) is 7.52. The first-order valence-electron chi connectivity index (χ1n) is 7.52. The SMILES string of the molecule is NCCC1CCCCN1C(=O)c1cccc2nccnc12. The van der Waals surface area contributed by atoms with Crippen LogP contribution >= 0.6 is 0 Å². The number of nitrogens with two attached hydrogens (primary N) is 1.